The first-order valence-corrected chi connectivity index (χ1v) is 12.1. The van der Waals surface area contributed by atoms with Crippen molar-refractivity contribution >= 4 is 17.4 Å². The van der Waals surface area contributed by atoms with E-state index in [-0.39, 0.29) is 17.9 Å². The molecule has 1 saturated heterocycles. The molecule has 2 heterocycles. The van der Waals surface area contributed by atoms with E-state index in [2.05, 4.69) is 11.9 Å². The van der Waals surface area contributed by atoms with E-state index in [1.165, 1.54) is 4.90 Å². The highest BCUT2D eigenvalue weighted by Crippen LogP contribution is 2.41. The number of likely N-dealkylation sites (tertiary alicyclic amines) is 1. The minimum Gasteiger partial charge on any atom is -0.507 e. The van der Waals surface area contributed by atoms with Crippen molar-refractivity contribution in [3.05, 3.63) is 95.3 Å². The second-order valence-electron chi connectivity index (χ2n) is 8.60. The molecule has 0 saturated carbocycles. The number of nitrogens with zero attached hydrogens (tertiary/aromatic N) is 2. The Balaban J connectivity index is 1.72. The summed E-state index contributed by atoms with van der Waals surface area (Å²) >= 11 is 0. The molecule has 1 aliphatic heterocycles. The van der Waals surface area contributed by atoms with Crippen molar-refractivity contribution in [2.75, 3.05) is 13.7 Å². The van der Waals surface area contributed by atoms with Crippen molar-refractivity contribution < 1.29 is 24.2 Å². The van der Waals surface area contributed by atoms with Crippen LogP contribution in [-0.2, 0) is 16.1 Å². The van der Waals surface area contributed by atoms with Crippen molar-refractivity contribution in [1.82, 2.24) is 9.88 Å². The molecule has 1 aliphatic rings. The molecule has 0 aliphatic carbocycles. The van der Waals surface area contributed by atoms with Gasteiger partial charge in [0.25, 0.3) is 11.7 Å². The molecule has 0 bridgehead atoms. The van der Waals surface area contributed by atoms with Crippen LogP contribution >= 0.6 is 0 Å². The van der Waals surface area contributed by atoms with Crippen molar-refractivity contribution in [2.45, 2.75) is 38.8 Å². The van der Waals surface area contributed by atoms with Crippen LogP contribution in [0.4, 0.5) is 0 Å². The first-order chi connectivity index (χ1) is 17.5. The van der Waals surface area contributed by atoms with Gasteiger partial charge in [0.1, 0.15) is 17.3 Å². The average molecular weight is 487 g/mol. The second-order valence-corrected chi connectivity index (χ2v) is 8.60. The number of benzene rings is 2. The summed E-state index contributed by atoms with van der Waals surface area (Å²) in [5.41, 5.74) is 1.75. The molecule has 7 heteroatoms. The van der Waals surface area contributed by atoms with Gasteiger partial charge in [-0.1, -0.05) is 38.0 Å². The van der Waals surface area contributed by atoms with E-state index in [1.54, 1.807) is 67.9 Å². The standard InChI is InChI=1S/C29H30N2O5/c1-3-4-7-17-36-23-14-12-20(13-15-23)27(32)25-26(21-9-8-11-24(18-21)35-2)31(29(34)28(25)33)19-22-10-5-6-16-30-22/h5-6,8-16,18,26,32H,3-4,7,17,19H2,1-2H3/b27-25-. The van der Waals surface area contributed by atoms with E-state index in [0.29, 0.717) is 34.9 Å². The molecular weight excluding hydrogens is 456 g/mol. The molecule has 0 radical (unpaired) electrons. The number of rotatable bonds is 10. The molecule has 3 aromatic rings. The number of aromatic nitrogens is 1. The van der Waals surface area contributed by atoms with Gasteiger partial charge in [-0.25, -0.2) is 0 Å². The van der Waals surface area contributed by atoms with Gasteiger partial charge < -0.3 is 19.5 Å². The summed E-state index contributed by atoms with van der Waals surface area (Å²) in [6.45, 7) is 2.87. The highest BCUT2D eigenvalue weighted by Gasteiger charge is 2.46. The molecular formula is C29H30N2O5. The fourth-order valence-corrected chi connectivity index (χ4v) is 4.27. The summed E-state index contributed by atoms with van der Waals surface area (Å²) in [4.78, 5) is 32.2. The Kier molecular flexibility index (Phi) is 8.00. The van der Waals surface area contributed by atoms with Crippen LogP contribution in [0.3, 0.4) is 0 Å². The molecule has 1 atom stereocenters. The Labute approximate surface area is 211 Å². The quantitative estimate of drug-likeness (QED) is 0.182. The molecule has 1 amide bonds. The van der Waals surface area contributed by atoms with Crippen LogP contribution in [0.2, 0.25) is 0 Å². The Morgan fingerprint density at radius 3 is 2.50 bits per heavy atom. The number of aliphatic hydroxyl groups excluding tert-OH is 1. The molecule has 1 N–H and O–H groups in total. The third-order valence-corrected chi connectivity index (χ3v) is 6.15. The largest absolute Gasteiger partial charge is 0.507 e. The predicted molar refractivity (Wildman–Crippen MR) is 137 cm³/mol. The van der Waals surface area contributed by atoms with Gasteiger partial charge in [-0.15, -0.1) is 0 Å². The topological polar surface area (TPSA) is 89.0 Å². The smallest absolute Gasteiger partial charge is 0.296 e. The van der Waals surface area contributed by atoms with Crippen LogP contribution in [0.1, 0.15) is 49.0 Å². The average Bonchev–Trinajstić information content (AvgIpc) is 3.16. The molecule has 7 nitrogen and oxygen atoms in total. The lowest BCUT2D eigenvalue weighted by Gasteiger charge is -2.25. The van der Waals surface area contributed by atoms with Crippen LogP contribution in [0.15, 0.2) is 78.5 Å². The van der Waals surface area contributed by atoms with Crippen LogP contribution in [0, 0.1) is 0 Å². The zero-order valence-electron chi connectivity index (χ0n) is 20.5. The van der Waals surface area contributed by atoms with E-state index in [1.807, 2.05) is 12.1 Å². The van der Waals surface area contributed by atoms with Gasteiger partial charge >= 0.3 is 0 Å². The SMILES string of the molecule is CCCCCOc1ccc(/C(O)=C2/C(=O)C(=O)N(Cc3ccccn3)C2c2cccc(OC)c2)cc1. The minimum absolute atomic E-state index is 0.0285. The lowest BCUT2D eigenvalue weighted by molar-refractivity contribution is -0.140. The monoisotopic (exact) mass is 486 g/mol. The maximum Gasteiger partial charge on any atom is 0.296 e. The summed E-state index contributed by atoms with van der Waals surface area (Å²) in [6, 6.07) is 18.7. The van der Waals surface area contributed by atoms with E-state index < -0.39 is 17.7 Å². The van der Waals surface area contributed by atoms with Gasteiger partial charge in [0.15, 0.2) is 0 Å². The molecule has 4 rings (SSSR count). The fraction of sp³-hybridized carbons (Fsp3) is 0.276. The molecule has 1 aromatic heterocycles. The third kappa shape index (κ3) is 5.40. The first-order valence-electron chi connectivity index (χ1n) is 12.1. The first kappa shape index (κ1) is 25.0. The Morgan fingerprint density at radius 1 is 1.00 bits per heavy atom. The van der Waals surface area contributed by atoms with Crippen LogP contribution in [0.5, 0.6) is 11.5 Å². The highest BCUT2D eigenvalue weighted by molar-refractivity contribution is 6.46. The third-order valence-electron chi connectivity index (χ3n) is 6.15. The van der Waals surface area contributed by atoms with Gasteiger partial charge in [-0.2, -0.15) is 0 Å². The molecule has 1 fully saturated rings. The number of ether oxygens (including phenoxy) is 2. The minimum atomic E-state index is -0.799. The van der Waals surface area contributed by atoms with Crippen molar-refractivity contribution in [1.29, 1.82) is 0 Å². The zero-order chi connectivity index (χ0) is 25.5. The molecule has 0 spiro atoms. The number of unbranched alkanes of at least 4 members (excludes halogenated alkanes) is 2. The molecule has 186 valence electrons. The van der Waals surface area contributed by atoms with Gasteiger partial charge in [0, 0.05) is 11.8 Å². The summed E-state index contributed by atoms with van der Waals surface area (Å²) in [5, 5.41) is 11.3. The van der Waals surface area contributed by atoms with E-state index in [0.717, 1.165) is 19.3 Å². The van der Waals surface area contributed by atoms with Crippen molar-refractivity contribution in [3.8, 4) is 11.5 Å². The lowest BCUT2D eigenvalue weighted by atomic mass is 9.95. The van der Waals surface area contributed by atoms with E-state index in [9.17, 15) is 14.7 Å². The predicted octanol–water partition coefficient (Wildman–Crippen LogP) is 5.28. The number of Topliss-reactive ketones (excluding diaryl/α,β-unsaturated/α-hetero) is 1. The van der Waals surface area contributed by atoms with Crippen molar-refractivity contribution in [3.63, 3.8) is 0 Å². The summed E-state index contributed by atoms with van der Waals surface area (Å²) in [5.74, 6) is -0.396. The Bertz CT molecular complexity index is 1240. The number of methoxy groups -OCH3 is 1. The molecule has 1 unspecified atom stereocenters. The number of carbonyl (C=O) groups excluding carboxylic acids is 2. The Morgan fingerprint density at radius 2 is 1.81 bits per heavy atom. The van der Waals surface area contributed by atoms with E-state index >= 15 is 0 Å². The highest BCUT2D eigenvalue weighted by atomic mass is 16.5. The van der Waals surface area contributed by atoms with E-state index in [4.69, 9.17) is 9.47 Å². The number of hydrogen-bond acceptors (Lipinski definition) is 6. The van der Waals surface area contributed by atoms with Gasteiger partial charge in [0.2, 0.25) is 0 Å². The van der Waals surface area contributed by atoms with Gasteiger partial charge in [-0.05, 0) is 60.5 Å². The van der Waals surface area contributed by atoms with Crippen LogP contribution in [0.25, 0.3) is 5.76 Å². The Hall–Kier alpha value is -4.13. The zero-order valence-corrected chi connectivity index (χ0v) is 20.5. The maximum atomic E-state index is 13.2. The molecule has 2 aromatic carbocycles. The molecule has 36 heavy (non-hydrogen) atoms. The van der Waals surface area contributed by atoms with Crippen LogP contribution in [-0.4, -0.2) is 40.4 Å². The summed E-state index contributed by atoms with van der Waals surface area (Å²) in [7, 11) is 1.55. The number of aliphatic hydroxyl groups is 1. The normalized spacial score (nSPS) is 16.8. The summed E-state index contributed by atoms with van der Waals surface area (Å²) < 4.78 is 11.1. The number of carbonyl (C=O) groups is 2. The fourth-order valence-electron chi connectivity index (χ4n) is 4.27. The maximum absolute atomic E-state index is 13.2. The van der Waals surface area contributed by atoms with Crippen LogP contribution < -0.4 is 9.47 Å². The van der Waals surface area contributed by atoms with Gasteiger partial charge in [0.05, 0.1) is 37.6 Å². The number of hydrogen-bond donors (Lipinski definition) is 1. The number of amides is 1. The van der Waals surface area contributed by atoms with Crippen molar-refractivity contribution in [2.24, 2.45) is 0 Å². The number of pyridine rings is 1. The van der Waals surface area contributed by atoms with Gasteiger partial charge in [-0.3, -0.25) is 14.6 Å². The second kappa shape index (κ2) is 11.5. The number of ketones is 1. The summed E-state index contributed by atoms with van der Waals surface area (Å²) in [6.07, 6.45) is 4.82. The lowest BCUT2D eigenvalue weighted by Crippen LogP contribution is -2.29.